The average Bonchev–Trinajstić information content (AvgIpc) is 3.09. The summed E-state index contributed by atoms with van der Waals surface area (Å²) in [6, 6.07) is 14.9. The summed E-state index contributed by atoms with van der Waals surface area (Å²) in [6.45, 7) is 6.16. The van der Waals surface area contributed by atoms with E-state index in [-0.39, 0.29) is 0 Å². The topological polar surface area (TPSA) is 37.8 Å². The fraction of sp³-hybridized carbons (Fsp3) is 0.300. The van der Waals surface area contributed by atoms with Crippen LogP contribution in [0, 0.1) is 0 Å². The number of rotatable bonds is 7. The van der Waals surface area contributed by atoms with Crippen LogP contribution < -0.4 is 5.32 Å². The van der Waals surface area contributed by atoms with Crippen molar-refractivity contribution in [2.45, 2.75) is 32.7 Å². The van der Waals surface area contributed by atoms with Gasteiger partial charge in [-0.1, -0.05) is 44.2 Å². The molecule has 0 radical (unpaired) electrons. The highest BCUT2D eigenvalue weighted by Gasteiger charge is 2.05. The standard InChI is InChI=1S/C20H23N3S/c1-15(2)16-6-8-17(9-7-16)19-13-23-20(24-19)14-21-12-10-18-5-3-4-11-22-18/h3-9,11,13,15,21H,10,12,14H2,1-2H3. The first-order chi connectivity index (χ1) is 11.7. The molecule has 1 aromatic carbocycles. The first kappa shape index (κ1) is 16.8. The monoisotopic (exact) mass is 337 g/mol. The van der Waals surface area contributed by atoms with Crippen LogP contribution in [-0.2, 0) is 13.0 Å². The molecular weight excluding hydrogens is 314 g/mol. The number of hydrogen-bond donors (Lipinski definition) is 1. The summed E-state index contributed by atoms with van der Waals surface area (Å²) in [5, 5.41) is 4.57. The number of nitrogens with zero attached hydrogens (tertiary/aromatic N) is 2. The maximum absolute atomic E-state index is 4.54. The van der Waals surface area contributed by atoms with Gasteiger partial charge in [-0.3, -0.25) is 4.98 Å². The Morgan fingerprint density at radius 1 is 1.04 bits per heavy atom. The first-order valence-corrected chi connectivity index (χ1v) is 9.19. The van der Waals surface area contributed by atoms with Gasteiger partial charge in [-0.25, -0.2) is 4.98 Å². The molecule has 3 nitrogen and oxygen atoms in total. The lowest BCUT2D eigenvalue weighted by Crippen LogP contribution is -2.16. The van der Waals surface area contributed by atoms with Gasteiger partial charge in [-0.05, 0) is 29.2 Å². The minimum atomic E-state index is 0.569. The maximum Gasteiger partial charge on any atom is 0.107 e. The average molecular weight is 337 g/mol. The van der Waals surface area contributed by atoms with Gasteiger partial charge in [0.25, 0.3) is 0 Å². The summed E-state index contributed by atoms with van der Waals surface area (Å²) in [4.78, 5) is 10.1. The van der Waals surface area contributed by atoms with Crippen molar-refractivity contribution in [1.82, 2.24) is 15.3 Å². The fourth-order valence-electron chi connectivity index (χ4n) is 2.52. The number of thiazole rings is 1. The Morgan fingerprint density at radius 2 is 1.88 bits per heavy atom. The van der Waals surface area contributed by atoms with Gasteiger partial charge in [-0.2, -0.15) is 0 Å². The van der Waals surface area contributed by atoms with E-state index in [9.17, 15) is 0 Å². The molecular formula is C20H23N3S. The summed E-state index contributed by atoms with van der Waals surface area (Å²) in [5.41, 5.74) is 3.74. The van der Waals surface area contributed by atoms with Crippen LogP contribution in [0.15, 0.2) is 54.9 Å². The Balaban J connectivity index is 1.52. The van der Waals surface area contributed by atoms with Crippen LogP contribution in [0.4, 0.5) is 0 Å². The van der Waals surface area contributed by atoms with Gasteiger partial charge < -0.3 is 5.32 Å². The zero-order valence-corrected chi connectivity index (χ0v) is 15.0. The summed E-state index contributed by atoms with van der Waals surface area (Å²) in [7, 11) is 0. The second-order valence-corrected chi connectivity index (χ2v) is 7.26. The molecule has 124 valence electrons. The number of pyridine rings is 1. The van der Waals surface area contributed by atoms with Gasteiger partial charge in [0, 0.05) is 37.6 Å². The molecule has 3 rings (SSSR count). The molecule has 2 heterocycles. The van der Waals surface area contributed by atoms with E-state index in [1.165, 1.54) is 16.0 Å². The molecule has 0 amide bonds. The second-order valence-electron chi connectivity index (χ2n) is 6.14. The van der Waals surface area contributed by atoms with Crippen molar-refractivity contribution in [3.63, 3.8) is 0 Å². The summed E-state index contributed by atoms with van der Waals surface area (Å²) >= 11 is 1.76. The highest BCUT2D eigenvalue weighted by atomic mass is 32.1. The quantitative estimate of drug-likeness (QED) is 0.637. The van der Waals surface area contributed by atoms with Crippen molar-refractivity contribution in [3.05, 3.63) is 71.1 Å². The summed E-state index contributed by atoms with van der Waals surface area (Å²) in [5.74, 6) is 0.569. The number of hydrogen-bond acceptors (Lipinski definition) is 4. The Kier molecular flexibility index (Phi) is 5.72. The van der Waals surface area contributed by atoms with Crippen LogP contribution >= 0.6 is 11.3 Å². The molecule has 0 fully saturated rings. The predicted octanol–water partition coefficient (Wildman–Crippen LogP) is 4.66. The maximum atomic E-state index is 4.54. The molecule has 3 aromatic rings. The van der Waals surface area contributed by atoms with Gasteiger partial charge in [0.1, 0.15) is 5.01 Å². The third kappa shape index (κ3) is 4.49. The minimum Gasteiger partial charge on any atom is -0.310 e. The molecule has 2 aromatic heterocycles. The van der Waals surface area contributed by atoms with Gasteiger partial charge in [0.05, 0.1) is 4.88 Å². The van der Waals surface area contributed by atoms with Crippen LogP contribution in [0.3, 0.4) is 0 Å². The third-order valence-electron chi connectivity index (χ3n) is 3.98. The van der Waals surface area contributed by atoms with E-state index in [4.69, 9.17) is 0 Å². The predicted molar refractivity (Wildman–Crippen MR) is 101 cm³/mol. The molecule has 0 spiro atoms. The Hall–Kier alpha value is -2.04. The Labute approximate surface area is 147 Å². The smallest absolute Gasteiger partial charge is 0.107 e. The molecule has 0 atom stereocenters. The van der Waals surface area contributed by atoms with Gasteiger partial charge in [0.15, 0.2) is 0 Å². The fourth-order valence-corrected chi connectivity index (χ4v) is 3.41. The number of benzene rings is 1. The van der Waals surface area contributed by atoms with E-state index in [2.05, 4.69) is 59.5 Å². The molecule has 0 unspecified atom stereocenters. The van der Waals surface area contributed by atoms with E-state index in [0.29, 0.717) is 5.92 Å². The molecule has 0 aliphatic carbocycles. The summed E-state index contributed by atoms with van der Waals surface area (Å²) in [6.07, 6.45) is 4.76. The largest absolute Gasteiger partial charge is 0.310 e. The van der Waals surface area contributed by atoms with E-state index in [1.54, 1.807) is 11.3 Å². The first-order valence-electron chi connectivity index (χ1n) is 8.38. The van der Waals surface area contributed by atoms with Crippen LogP contribution in [0.25, 0.3) is 10.4 Å². The van der Waals surface area contributed by atoms with Crippen molar-refractivity contribution < 1.29 is 0 Å². The lowest BCUT2D eigenvalue weighted by molar-refractivity contribution is 0.677. The minimum absolute atomic E-state index is 0.569. The molecule has 0 bridgehead atoms. The van der Waals surface area contributed by atoms with Crippen molar-refractivity contribution in [2.75, 3.05) is 6.54 Å². The van der Waals surface area contributed by atoms with E-state index < -0.39 is 0 Å². The van der Waals surface area contributed by atoms with Gasteiger partial charge in [-0.15, -0.1) is 11.3 Å². The molecule has 1 N–H and O–H groups in total. The number of nitrogens with one attached hydrogen (secondary N) is 1. The van der Waals surface area contributed by atoms with E-state index in [1.807, 2.05) is 24.5 Å². The Morgan fingerprint density at radius 3 is 2.58 bits per heavy atom. The summed E-state index contributed by atoms with van der Waals surface area (Å²) < 4.78 is 0. The van der Waals surface area contributed by atoms with Crippen molar-refractivity contribution in [3.8, 4) is 10.4 Å². The molecule has 0 saturated heterocycles. The third-order valence-corrected chi connectivity index (χ3v) is 5.02. The van der Waals surface area contributed by atoms with Crippen molar-refractivity contribution >= 4 is 11.3 Å². The lowest BCUT2D eigenvalue weighted by Gasteiger charge is -2.05. The second kappa shape index (κ2) is 8.18. The molecule has 4 heteroatoms. The van der Waals surface area contributed by atoms with Crippen molar-refractivity contribution in [2.24, 2.45) is 0 Å². The highest BCUT2D eigenvalue weighted by molar-refractivity contribution is 7.15. The van der Waals surface area contributed by atoms with Gasteiger partial charge >= 0.3 is 0 Å². The zero-order valence-electron chi connectivity index (χ0n) is 14.2. The zero-order chi connectivity index (χ0) is 16.8. The molecule has 0 aliphatic heterocycles. The van der Waals surface area contributed by atoms with Crippen molar-refractivity contribution in [1.29, 1.82) is 0 Å². The molecule has 24 heavy (non-hydrogen) atoms. The van der Waals surface area contributed by atoms with Crippen LogP contribution in [0.5, 0.6) is 0 Å². The highest BCUT2D eigenvalue weighted by Crippen LogP contribution is 2.27. The van der Waals surface area contributed by atoms with Gasteiger partial charge in [0.2, 0.25) is 0 Å². The van der Waals surface area contributed by atoms with Crippen LogP contribution in [0.1, 0.15) is 36.0 Å². The lowest BCUT2D eigenvalue weighted by atomic mass is 10.0. The normalized spacial score (nSPS) is 11.1. The molecule has 0 saturated carbocycles. The van der Waals surface area contributed by atoms with E-state index in [0.717, 1.165) is 30.2 Å². The Bertz CT molecular complexity index is 748. The van der Waals surface area contributed by atoms with Crippen LogP contribution in [-0.4, -0.2) is 16.5 Å². The SMILES string of the molecule is CC(C)c1ccc(-c2cnc(CNCCc3ccccn3)s2)cc1. The number of aromatic nitrogens is 2. The van der Waals surface area contributed by atoms with Crippen LogP contribution in [0.2, 0.25) is 0 Å². The van der Waals surface area contributed by atoms with E-state index >= 15 is 0 Å². The molecule has 0 aliphatic rings.